The highest BCUT2D eigenvalue weighted by Gasteiger charge is 2.29. The van der Waals surface area contributed by atoms with Gasteiger partial charge in [0.15, 0.2) is 6.10 Å². The lowest BCUT2D eigenvalue weighted by Crippen LogP contribution is -2.44. The summed E-state index contributed by atoms with van der Waals surface area (Å²) in [6.45, 7) is 6.96. The summed E-state index contributed by atoms with van der Waals surface area (Å²) in [4.78, 5) is 23.2. The predicted octanol–water partition coefficient (Wildman–Crippen LogP) is 2.38. The summed E-state index contributed by atoms with van der Waals surface area (Å²) in [6, 6.07) is 7.47. The van der Waals surface area contributed by atoms with E-state index in [1.54, 1.807) is 13.8 Å². The van der Waals surface area contributed by atoms with Crippen molar-refractivity contribution in [1.82, 2.24) is 5.32 Å². The molecule has 21 heavy (non-hydrogen) atoms. The van der Waals surface area contributed by atoms with E-state index in [0.717, 1.165) is 5.56 Å². The number of carbonyl (C=O) groups excluding carboxylic acids is 1. The predicted molar refractivity (Wildman–Crippen MR) is 80.3 cm³/mol. The molecular weight excluding hydrogens is 270 g/mol. The standard InChI is InChI=1S/C16H23NO4/c1-5-12(21-13-9-7-6-8-11(13)2)14(18)17-10-16(3,4)15(19)20/h6-9,12H,5,10H2,1-4H3,(H,17,18)(H,19,20). The van der Waals surface area contributed by atoms with Crippen molar-refractivity contribution in [2.75, 3.05) is 6.54 Å². The quantitative estimate of drug-likeness (QED) is 0.809. The Bertz CT molecular complexity index is 511. The molecule has 0 aliphatic carbocycles. The number of aryl methyl sites for hydroxylation is 1. The summed E-state index contributed by atoms with van der Waals surface area (Å²) in [5.41, 5.74) is -0.0500. The maximum absolute atomic E-state index is 12.1. The van der Waals surface area contributed by atoms with Crippen LogP contribution in [0.1, 0.15) is 32.8 Å². The van der Waals surface area contributed by atoms with E-state index in [0.29, 0.717) is 12.2 Å². The molecule has 1 unspecified atom stereocenters. The van der Waals surface area contributed by atoms with Gasteiger partial charge in [-0.3, -0.25) is 9.59 Å². The van der Waals surface area contributed by atoms with Gasteiger partial charge in [0.05, 0.1) is 5.41 Å². The minimum atomic E-state index is -1.00. The summed E-state index contributed by atoms with van der Waals surface area (Å²) in [5, 5.41) is 11.7. The first kappa shape index (κ1) is 17.0. The second-order valence-corrected chi connectivity index (χ2v) is 5.69. The Balaban J connectivity index is 2.66. The minimum Gasteiger partial charge on any atom is -0.481 e. The highest BCUT2D eigenvalue weighted by molar-refractivity contribution is 5.82. The lowest BCUT2D eigenvalue weighted by atomic mass is 9.94. The molecule has 2 N–H and O–H groups in total. The second kappa shape index (κ2) is 7.11. The number of hydrogen-bond donors (Lipinski definition) is 2. The van der Waals surface area contributed by atoms with Crippen LogP contribution in [0.5, 0.6) is 5.75 Å². The lowest BCUT2D eigenvalue weighted by Gasteiger charge is -2.23. The van der Waals surface area contributed by atoms with Crippen LogP contribution in [0.4, 0.5) is 0 Å². The van der Waals surface area contributed by atoms with E-state index in [-0.39, 0.29) is 12.5 Å². The van der Waals surface area contributed by atoms with Crippen LogP contribution in [0, 0.1) is 12.3 Å². The van der Waals surface area contributed by atoms with Gasteiger partial charge in [0.25, 0.3) is 5.91 Å². The number of para-hydroxylation sites is 1. The molecule has 1 atom stereocenters. The topological polar surface area (TPSA) is 75.6 Å². The van der Waals surface area contributed by atoms with Crippen LogP contribution < -0.4 is 10.1 Å². The zero-order valence-electron chi connectivity index (χ0n) is 13.0. The summed E-state index contributed by atoms with van der Waals surface area (Å²) in [7, 11) is 0. The molecule has 1 rings (SSSR count). The molecule has 0 saturated heterocycles. The zero-order valence-corrected chi connectivity index (χ0v) is 13.0. The van der Waals surface area contributed by atoms with Crippen molar-refractivity contribution < 1.29 is 19.4 Å². The van der Waals surface area contributed by atoms with Crippen molar-refractivity contribution in [2.24, 2.45) is 5.41 Å². The van der Waals surface area contributed by atoms with Crippen LogP contribution in [0.3, 0.4) is 0 Å². The highest BCUT2D eigenvalue weighted by Crippen LogP contribution is 2.19. The van der Waals surface area contributed by atoms with E-state index in [2.05, 4.69) is 5.32 Å². The Morgan fingerprint density at radius 1 is 1.33 bits per heavy atom. The SMILES string of the molecule is CCC(Oc1ccccc1C)C(=O)NCC(C)(C)C(=O)O. The zero-order chi connectivity index (χ0) is 16.0. The van der Waals surface area contributed by atoms with Crippen molar-refractivity contribution in [3.05, 3.63) is 29.8 Å². The van der Waals surface area contributed by atoms with Gasteiger partial charge in [0.2, 0.25) is 0 Å². The van der Waals surface area contributed by atoms with E-state index in [9.17, 15) is 9.59 Å². The number of carboxylic acid groups (broad SMARTS) is 1. The third-order valence-corrected chi connectivity index (χ3v) is 3.31. The van der Waals surface area contributed by atoms with E-state index in [1.165, 1.54) is 0 Å². The molecule has 116 valence electrons. The minimum absolute atomic E-state index is 0.0643. The van der Waals surface area contributed by atoms with Crippen LogP contribution in [0.25, 0.3) is 0 Å². The monoisotopic (exact) mass is 293 g/mol. The summed E-state index contributed by atoms with van der Waals surface area (Å²) in [5.74, 6) is -0.581. The van der Waals surface area contributed by atoms with Crippen molar-refractivity contribution in [3.8, 4) is 5.75 Å². The first-order valence-corrected chi connectivity index (χ1v) is 7.01. The van der Waals surface area contributed by atoms with Gasteiger partial charge in [0, 0.05) is 6.54 Å². The molecule has 0 heterocycles. The Morgan fingerprint density at radius 2 is 1.95 bits per heavy atom. The summed E-state index contributed by atoms with van der Waals surface area (Å²) in [6.07, 6.45) is -0.121. The summed E-state index contributed by atoms with van der Waals surface area (Å²) < 4.78 is 5.72. The second-order valence-electron chi connectivity index (χ2n) is 5.69. The first-order chi connectivity index (χ1) is 9.77. The van der Waals surface area contributed by atoms with Crippen molar-refractivity contribution in [1.29, 1.82) is 0 Å². The molecule has 5 nitrogen and oxygen atoms in total. The van der Waals surface area contributed by atoms with Crippen LogP contribution >= 0.6 is 0 Å². The first-order valence-electron chi connectivity index (χ1n) is 7.01. The van der Waals surface area contributed by atoms with Gasteiger partial charge >= 0.3 is 5.97 Å². The van der Waals surface area contributed by atoms with Crippen molar-refractivity contribution >= 4 is 11.9 Å². The van der Waals surface area contributed by atoms with Gasteiger partial charge in [-0.1, -0.05) is 25.1 Å². The number of rotatable bonds is 7. The Labute approximate surface area is 125 Å². The maximum atomic E-state index is 12.1. The lowest BCUT2D eigenvalue weighted by molar-refractivity contribution is -0.147. The molecule has 5 heteroatoms. The smallest absolute Gasteiger partial charge is 0.310 e. The van der Waals surface area contributed by atoms with Crippen LogP contribution in [0.2, 0.25) is 0 Å². The Morgan fingerprint density at radius 3 is 2.48 bits per heavy atom. The van der Waals surface area contributed by atoms with Crippen LogP contribution in [-0.2, 0) is 9.59 Å². The number of carbonyl (C=O) groups is 2. The van der Waals surface area contributed by atoms with Crippen molar-refractivity contribution in [3.63, 3.8) is 0 Å². The van der Waals surface area contributed by atoms with Crippen molar-refractivity contribution in [2.45, 2.75) is 40.2 Å². The van der Waals surface area contributed by atoms with Gasteiger partial charge in [-0.05, 0) is 38.8 Å². The number of amides is 1. The molecule has 0 radical (unpaired) electrons. The molecule has 0 aromatic heterocycles. The molecule has 1 aromatic carbocycles. The average molecular weight is 293 g/mol. The van der Waals surface area contributed by atoms with Gasteiger partial charge in [-0.25, -0.2) is 0 Å². The average Bonchev–Trinajstić information content (AvgIpc) is 2.44. The molecule has 0 fully saturated rings. The van der Waals surface area contributed by atoms with Crippen LogP contribution in [0.15, 0.2) is 24.3 Å². The fourth-order valence-corrected chi connectivity index (χ4v) is 1.66. The molecule has 1 amide bonds. The molecule has 0 spiro atoms. The van der Waals surface area contributed by atoms with Gasteiger partial charge in [0.1, 0.15) is 5.75 Å². The number of aliphatic carboxylic acids is 1. The number of hydrogen-bond acceptors (Lipinski definition) is 3. The molecular formula is C16H23NO4. The van der Waals surface area contributed by atoms with Crippen LogP contribution in [-0.4, -0.2) is 29.6 Å². The largest absolute Gasteiger partial charge is 0.481 e. The molecule has 1 aromatic rings. The number of nitrogens with one attached hydrogen (secondary N) is 1. The molecule has 0 bridgehead atoms. The number of carboxylic acids is 1. The maximum Gasteiger partial charge on any atom is 0.310 e. The molecule has 0 saturated carbocycles. The fraction of sp³-hybridized carbons (Fsp3) is 0.500. The summed E-state index contributed by atoms with van der Waals surface area (Å²) >= 11 is 0. The van der Waals surface area contributed by atoms with E-state index in [1.807, 2.05) is 38.1 Å². The Kier molecular flexibility index (Phi) is 5.76. The molecule has 0 aliphatic rings. The van der Waals surface area contributed by atoms with Gasteiger partial charge in [-0.2, -0.15) is 0 Å². The molecule has 0 aliphatic heterocycles. The third kappa shape index (κ3) is 4.77. The number of ether oxygens (including phenoxy) is 1. The van der Waals surface area contributed by atoms with E-state index >= 15 is 0 Å². The van der Waals surface area contributed by atoms with E-state index in [4.69, 9.17) is 9.84 Å². The van der Waals surface area contributed by atoms with Gasteiger partial charge < -0.3 is 15.2 Å². The highest BCUT2D eigenvalue weighted by atomic mass is 16.5. The normalized spacial score (nSPS) is 12.6. The number of benzene rings is 1. The van der Waals surface area contributed by atoms with E-state index < -0.39 is 17.5 Å². The third-order valence-electron chi connectivity index (χ3n) is 3.31. The Hall–Kier alpha value is -2.04. The van der Waals surface area contributed by atoms with Gasteiger partial charge in [-0.15, -0.1) is 0 Å². The fourth-order valence-electron chi connectivity index (χ4n) is 1.66.